The van der Waals surface area contributed by atoms with E-state index >= 15 is 0 Å². The third-order valence-corrected chi connectivity index (χ3v) is 0. The maximum atomic E-state index is 8.58. The van der Waals surface area contributed by atoms with E-state index in [4.69, 9.17) is 72.6 Å². The van der Waals surface area contributed by atoms with E-state index in [0.29, 0.717) is 0 Å². The normalized spacial score (nSPS) is 9.71. The predicted molar refractivity (Wildman–Crippen MR) is 57.2 cm³/mol. The Hall–Kier alpha value is 0.973. The van der Waals surface area contributed by atoms with E-state index < -0.39 is 33.3 Å². The summed E-state index contributed by atoms with van der Waals surface area (Å²) in [4.78, 5) is 101. The van der Waals surface area contributed by atoms with Crippen LogP contribution in [0.3, 0.4) is 0 Å². The third kappa shape index (κ3) is 7970. The molecule has 0 amide bonds. The second-order valence-corrected chi connectivity index (χ2v) is 5.38. The Morgan fingerprint density at radius 2 is 0.619 bits per heavy atom. The molecule has 10 N–H and O–H groups in total. The first kappa shape index (κ1) is 37.9. The van der Waals surface area contributed by atoms with E-state index in [1.54, 1.807) is 0 Å². The van der Waals surface area contributed by atoms with Crippen molar-refractivity contribution in [3.8, 4) is 0 Å². The first-order chi connectivity index (χ1) is 7.73. The van der Waals surface area contributed by atoms with Gasteiger partial charge in [0.15, 0.2) is 0 Å². The topological polar surface area (TPSA) is 312 Å². The summed E-state index contributed by atoms with van der Waals surface area (Å²) in [7, 11) is -14.8. The van der Waals surface area contributed by atoms with Crippen molar-refractivity contribution < 1.29 is 72.6 Å². The van der Waals surface area contributed by atoms with Crippen molar-refractivity contribution in [2.45, 2.75) is 0 Å². The van der Waals surface area contributed by atoms with Gasteiger partial charge in [-0.3, -0.25) is 0 Å². The van der Waals surface area contributed by atoms with E-state index in [1.165, 1.54) is 0 Å². The van der Waals surface area contributed by atoms with Gasteiger partial charge in [0.05, 0.1) is 0 Å². The summed E-state index contributed by atoms with van der Waals surface area (Å²) in [6.45, 7) is 0. The van der Waals surface area contributed by atoms with Crippen molar-refractivity contribution in [2.75, 3.05) is 0 Å². The molecule has 0 spiro atoms. The summed E-state index contributed by atoms with van der Waals surface area (Å²) in [6.07, 6.45) is -1.83. The second kappa shape index (κ2) is 17.3. The van der Waals surface area contributed by atoms with E-state index in [-0.39, 0.29) is 46.1 Å². The maximum absolute atomic E-state index is 8.58. The maximum Gasteiger partial charge on any atom is 2.00 e. The number of carbonyl (C=O) groups is 1. The van der Waals surface area contributed by atoms with E-state index in [0.717, 1.165) is 0 Å². The number of hydrogen-bond acceptors (Lipinski definition) is 13. The SMILES string of the molecule is O=C(O)O.O[Si](O)(O)O.O[Si](O)(O)O.[Mg+2].[Mg+2].[O-][Si]([O-])([O-])[O-]. The summed E-state index contributed by atoms with van der Waals surface area (Å²) >= 11 is 0. The quantitative estimate of drug-likeness (QED) is 0.170. The predicted octanol–water partition coefficient (Wildman–Crippen LogP) is -10.9. The van der Waals surface area contributed by atoms with Crippen LogP contribution in [0.15, 0.2) is 0 Å². The molecule has 0 aliphatic heterocycles. The van der Waals surface area contributed by atoms with Crippen molar-refractivity contribution in [3.63, 3.8) is 0 Å². The van der Waals surface area contributed by atoms with Gasteiger partial charge in [-0.15, -0.1) is 0 Å². The van der Waals surface area contributed by atoms with Crippen LogP contribution in [0.5, 0.6) is 0 Å². The minimum Gasteiger partial charge on any atom is -0.894 e. The van der Waals surface area contributed by atoms with Gasteiger partial charge in [-0.1, -0.05) is 0 Å². The number of rotatable bonds is 0. The van der Waals surface area contributed by atoms with Gasteiger partial charge in [0.25, 0.3) is 0 Å². The Morgan fingerprint density at radius 3 is 0.619 bits per heavy atom. The van der Waals surface area contributed by atoms with Crippen LogP contribution < -0.4 is 19.2 Å². The molecule has 0 aliphatic carbocycles. The van der Waals surface area contributed by atoms with Gasteiger partial charge in [-0.2, -0.15) is 0 Å². The largest absolute Gasteiger partial charge is 2.00 e. The molecular formula is CH10Mg2O15Si3. The molecule has 0 aromatic carbocycles. The zero-order valence-corrected chi connectivity index (χ0v) is 15.8. The average Bonchev–Trinajstić information content (AvgIpc) is 1.66. The summed E-state index contributed by atoms with van der Waals surface area (Å²) in [6, 6.07) is 0. The number of carboxylic acid groups (broad SMARTS) is 2. The summed E-state index contributed by atoms with van der Waals surface area (Å²) in [5.41, 5.74) is 0. The summed E-state index contributed by atoms with van der Waals surface area (Å²) in [5, 5.41) is 13.9. The zero-order chi connectivity index (χ0) is 17.1. The monoisotopic (exact) mass is 394 g/mol. The second-order valence-electron chi connectivity index (χ2n) is 1.98. The van der Waals surface area contributed by atoms with Gasteiger partial charge >= 0.3 is 70.4 Å². The first-order valence-corrected chi connectivity index (χ1v) is 8.47. The van der Waals surface area contributed by atoms with Crippen molar-refractivity contribution in [1.29, 1.82) is 0 Å². The number of hydrogen-bond donors (Lipinski definition) is 10. The molecule has 120 valence electrons. The van der Waals surface area contributed by atoms with E-state index in [2.05, 4.69) is 0 Å². The first-order valence-electron chi connectivity index (χ1n) is 3.26. The van der Waals surface area contributed by atoms with Crippen molar-refractivity contribution in [1.82, 2.24) is 0 Å². The fourth-order valence-electron chi connectivity index (χ4n) is 0. The van der Waals surface area contributed by atoms with Crippen LogP contribution >= 0.6 is 0 Å². The molecule has 0 aromatic rings. The molecule has 0 unspecified atom stereocenters. The van der Waals surface area contributed by atoms with Crippen LogP contribution in [0.4, 0.5) is 4.79 Å². The third-order valence-electron chi connectivity index (χ3n) is 0. The Balaban J connectivity index is -0.0000000347. The van der Waals surface area contributed by atoms with Gasteiger partial charge in [0, 0.05) is 0 Å². The molecule has 0 bridgehead atoms. The van der Waals surface area contributed by atoms with Crippen LogP contribution in [0.1, 0.15) is 0 Å². The molecule has 20 heteroatoms. The van der Waals surface area contributed by atoms with Crippen LogP contribution in [0.25, 0.3) is 0 Å². The van der Waals surface area contributed by atoms with Gasteiger partial charge in [-0.05, 0) is 0 Å². The van der Waals surface area contributed by atoms with Crippen LogP contribution in [-0.4, -0.2) is 128 Å². The average molecular weight is 395 g/mol. The molecule has 15 nitrogen and oxygen atoms in total. The molecule has 0 saturated carbocycles. The molecule has 0 heterocycles. The molecule has 0 aliphatic rings. The molecule has 21 heavy (non-hydrogen) atoms. The fraction of sp³-hybridized carbons (Fsp3) is 0. The summed E-state index contributed by atoms with van der Waals surface area (Å²) < 4.78 is 0. The molecule has 0 saturated heterocycles. The Labute approximate surface area is 151 Å². The van der Waals surface area contributed by atoms with Gasteiger partial charge in [0.2, 0.25) is 0 Å². The molecule has 0 fully saturated rings. The van der Waals surface area contributed by atoms with Gasteiger partial charge < -0.3 is 76.8 Å². The molecule has 0 rings (SSSR count). The minimum atomic E-state index is -5.61. The van der Waals surface area contributed by atoms with Crippen LogP contribution in [0, 0.1) is 0 Å². The van der Waals surface area contributed by atoms with Gasteiger partial charge in [-0.25, -0.2) is 4.79 Å². The van der Waals surface area contributed by atoms with Gasteiger partial charge in [0.1, 0.15) is 0 Å². The van der Waals surface area contributed by atoms with E-state index in [9.17, 15) is 0 Å². The van der Waals surface area contributed by atoms with Crippen LogP contribution in [-0.2, 0) is 0 Å². The Morgan fingerprint density at radius 1 is 0.619 bits per heavy atom. The van der Waals surface area contributed by atoms with E-state index in [1.807, 2.05) is 0 Å². The Bertz CT molecular complexity index is 164. The smallest absolute Gasteiger partial charge is 0.894 e. The Kier molecular flexibility index (Phi) is 31.3. The fourth-order valence-corrected chi connectivity index (χ4v) is 0. The molecule has 0 radical (unpaired) electrons. The van der Waals surface area contributed by atoms with Crippen molar-refractivity contribution in [2.24, 2.45) is 0 Å². The minimum absolute atomic E-state index is 0. The molecule has 0 aromatic heterocycles. The molecule has 0 atom stereocenters. The van der Waals surface area contributed by atoms with Crippen molar-refractivity contribution >= 4 is 79.4 Å². The van der Waals surface area contributed by atoms with Crippen molar-refractivity contribution in [3.05, 3.63) is 0 Å². The standard InChI is InChI=1S/CH2O3.2Mg.2H4O4Si.O4Si/c2-1(3)4;;;3*1-5(2,3)4/h(H2,2,3,4);;;2*1-4H;/q;2*+2;;;-4. The summed E-state index contributed by atoms with van der Waals surface area (Å²) in [5.74, 6) is 0. The zero-order valence-electron chi connectivity index (χ0n) is 9.93. The van der Waals surface area contributed by atoms with Crippen LogP contribution in [0.2, 0.25) is 0 Å². The molecular weight excluding hydrogens is 385 g/mol.